The van der Waals surface area contributed by atoms with Gasteiger partial charge in [0, 0.05) is 56.5 Å². The van der Waals surface area contributed by atoms with Crippen LogP contribution in [0, 0.1) is 6.92 Å². The average Bonchev–Trinajstić information content (AvgIpc) is 3.46. The normalized spacial score (nSPS) is 19.2. The van der Waals surface area contributed by atoms with Crippen molar-refractivity contribution in [1.82, 2.24) is 29.2 Å². The summed E-state index contributed by atoms with van der Waals surface area (Å²) >= 11 is 0. The summed E-state index contributed by atoms with van der Waals surface area (Å²) in [6.45, 7) is 9.29. The van der Waals surface area contributed by atoms with Crippen LogP contribution in [0.25, 0.3) is 11.2 Å². The van der Waals surface area contributed by atoms with Gasteiger partial charge in [-0.1, -0.05) is 6.08 Å². The zero-order chi connectivity index (χ0) is 25.8. The van der Waals surface area contributed by atoms with E-state index in [1.54, 1.807) is 15.9 Å². The molecule has 1 N–H and O–H groups in total. The molecule has 10 heteroatoms. The molecule has 2 amide bonds. The molecule has 1 atom stereocenters. The van der Waals surface area contributed by atoms with Gasteiger partial charge in [-0.25, -0.2) is 14.8 Å². The Kier molecular flexibility index (Phi) is 8.13. The number of aromatic nitrogens is 3. The molecule has 2 fully saturated rings. The second-order valence-corrected chi connectivity index (χ2v) is 10.4. The van der Waals surface area contributed by atoms with Crippen molar-refractivity contribution in [2.75, 3.05) is 52.1 Å². The number of likely N-dealkylation sites (N-methyl/N-ethyl adjacent to an activating group) is 1. The van der Waals surface area contributed by atoms with Gasteiger partial charge in [-0.3, -0.25) is 4.79 Å². The molecule has 0 aliphatic carbocycles. The fourth-order valence-corrected chi connectivity index (χ4v) is 4.76. The predicted molar refractivity (Wildman–Crippen MR) is 140 cm³/mol. The maximum Gasteiger partial charge on any atom is 0.410 e. The lowest BCUT2D eigenvalue weighted by Gasteiger charge is -2.33. The van der Waals surface area contributed by atoms with Crippen molar-refractivity contribution in [1.29, 1.82) is 0 Å². The molecule has 0 aromatic carbocycles. The van der Waals surface area contributed by atoms with Crippen molar-refractivity contribution in [2.45, 2.75) is 58.2 Å². The highest BCUT2D eigenvalue weighted by Gasteiger charge is 2.31. The molecule has 0 bridgehead atoms. The fourth-order valence-electron chi connectivity index (χ4n) is 4.76. The monoisotopic (exact) mass is 497 g/mol. The number of aryl methyl sites for hydroxylation is 1. The number of hydrogen-bond donors (Lipinski definition) is 1. The van der Waals surface area contributed by atoms with Gasteiger partial charge in [0.05, 0.1) is 18.6 Å². The lowest BCUT2D eigenvalue weighted by molar-refractivity contribution is -0.125. The molecule has 2 aliphatic rings. The number of carbonyl (C=O) groups excluding carboxylic acids is 2. The Morgan fingerprint density at radius 1 is 1.19 bits per heavy atom. The molecule has 196 valence electrons. The zero-order valence-corrected chi connectivity index (χ0v) is 22.1. The number of anilines is 1. The van der Waals surface area contributed by atoms with E-state index in [1.807, 2.05) is 44.4 Å². The predicted octanol–water partition coefficient (Wildman–Crippen LogP) is 3.05. The molecule has 0 saturated carbocycles. The number of nitrogens with one attached hydrogen (secondary N) is 1. The number of hydrogen-bond acceptors (Lipinski definition) is 7. The molecule has 2 aromatic heterocycles. The van der Waals surface area contributed by atoms with E-state index in [4.69, 9.17) is 9.72 Å². The second kappa shape index (κ2) is 11.3. The number of likely N-dealkylation sites (tertiary alicyclic amines) is 2. The molecule has 4 heterocycles. The largest absolute Gasteiger partial charge is 0.444 e. The SMILES string of the molecule is Cc1cc(NC2CCN(C(=O)OC3CCN(C(=O)/C=C/CN(C)C)C3)CC2)c2ncn(C(C)C)c2n1. The fraction of sp³-hybridized carbons (Fsp3) is 0.615. The first-order chi connectivity index (χ1) is 17.2. The third kappa shape index (κ3) is 6.16. The Bertz CT molecular complexity index is 1100. The van der Waals surface area contributed by atoms with Gasteiger partial charge in [-0.2, -0.15) is 0 Å². The minimum atomic E-state index is -0.284. The smallest absolute Gasteiger partial charge is 0.410 e. The number of amides is 2. The first-order valence-corrected chi connectivity index (χ1v) is 12.9. The van der Waals surface area contributed by atoms with Gasteiger partial charge in [0.2, 0.25) is 5.91 Å². The van der Waals surface area contributed by atoms with Crippen LogP contribution >= 0.6 is 0 Å². The van der Waals surface area contributed by atoms with E-state index in [9.17, 15) is 9.59 Å². The summed E-state index contributed by atoms with van der Waals surface area (Å²) in [7, 11) is 3.92. The highest BCUT2D eigenvalue weighted by Crippen LogP contribution is 2.27. The van der Waals surface area contributed by atoms with Crippen molar-refractivity contribution >= 4 is 28.9 Å². The Morgan fingerprint density at radius 2 is 1.92 bits per heavy atom. The summed E-state index contributed by atoms with van der Waals surface area (Å²) in [5.74, 6) is -0.0269. The molecule has 2 aliphatic heterocycles. The van der Waals surface area contributed by atoms with Crippen LogP contribution in [0.15, 0.2) is 24.5 Å². The summed E-state index contributed by atoms with van der Waals surface area (Å²) in [6, 6.07) is 2.58. The van der Waals surface area contributed by atoms with E-state index in [0.29, 0.717) is 32.6 Å². The molecule has 10 nitrogen and oxygen atoms in total. The van der Waals surface area contributed by atoms with Crippen LogP contribution in [-0.2, 0) is 9.53 Å². The van der Waals surface area contributed by atoms with Crippen LogP contribution in [0.5, 0.6) is 0 Å². The van der Waals surface area contributed by atoms with Gasteiger partial charge in [0.1, 0.15) is 11.6 Å². The van der Waals surface area contributed by atoms with Crippen LogP contribution in [0.1, 0.15) is 44.8 Å². The molecular formula is C26H39N7O3. The maximum absolute atomic E-state index is 12.8. The number of carbonyl (C=O) groups is 2. The molecule has 0 spiro atoms. The van der Waals surface area contributed by atoms with E-state index >= 15 is 0 Å². The Labute approximate surface area is 213 Å². The summed E-state index contributed by atoms with van der Waals surface area (Å²) in [5, 5.41) is 3.64. The molecule has 1 unspecified atom stereocenters. The van der Waals surface area contributed by atoms with E-state index in [-0.39, 0.29) is 30.2 Å². The van der Waals surface area contributed by atoms with E-state index in [2.05, 4.69) is 28.7 Å². The van der Waals surface area contributed by atoms with Crippen LogP contribution in [0.2, 0.25) is 0 Å². The molecule has 2 saturated heterocycles. The summed E-state index contributed by atoms with van der Waals surface area (Å²) in [4.78, 5) is 39.9. The minimum Gasteiger partial charge on any atom is -0.444 e. The first kappa shape index (κ1) is 25.9. The van der Waals surface area contributed by atoms with Gasteiger partial charge < -0.3 is 29.3 Å². The quantitative estimate of drug-likeness (QED) is 0.588. The van der Waals surface area contributed by atoms with Crippen molar-refractivity contribution in [3.63, 3.8) is 0 Å². The van der Waals surface area contributed by atoms with E-state index in [0.717, 1.165) is 41.9 Å². The summed E-state index contributed by atoms with van der Waals surface area (Å²) in [6.07, 6.45) is 7.11. The molecule has 36 heavy (non-hydrogen) atoms. The topological polar surface area (TPSA) is 95.8 Å². The highest BCUT2D eigenvalue weighted by molar-refractivity contribution is 5.88. The standard InChI is InChI=1S/C26H39N7O3/c1-18(2)33-17-27-24-22(15-19(3)28-25(24)33)29-20-8-12-31(13-9-20)26(35)36-21-10-14-32(16-21)23(34)7-6-11-30(4)5/h6-7,15,17-18,20-21H,8-14,16H2,1-5H3,(H,28,29)/b7-6+. The van der Waals surface area contributed by atoms with Crippen LogP contribution in [0.3, 0.4) is 0 Å². The number of fused-ring (bicyclic) bond motifs is 1. The van der Waals surface area contributed by atoms with Gasteiger partial charge in [0.15, 0.2) is 5.65 Å². The lowest BCUT2D eigenvalue weighted by atomic mass is 10.0. The van der Waals surface area contributed by atoms with Crippen molar-refractivity contribution < 1.29 is 14.3 Å². The zero-order valence-electron chi connectivity index (χ0n) is 22.1. The van der Waals surface area contributed by atoms with E-state index in [1.165, 1.54) is 0 Å². The van der Waals surface area contributed by atoms with Crippen molar-refractivity contribution in [3.8, 4) is 0 Å². The molecule has 2 aromatic rings. The summed E-state index contributed by atoms with van der Waals surface area (Å²) < 4.78 is 7.83. The number of rotatable bonds is 7. The maximum atomic E-state index is 12.8. The number of nitrogens with zero attached hydrogens (tertiary/aromatic N) is 6. The number of pyridine rings is 1. The molecule has 0 radical (unpaired) electrons. The Morgan fingerprint density at radius 3 is 2.61 bits per heavy atom. The highest BCUT2D eigenvalue weighted by atomic mass is 16.6. The summed E-state index contributed by atoms with van der Waals surface area (Å²) in [5.41, 5.74) is 3.72. The second-order valence-electron chi connectivity index (χ2n) is 10.4. The Hall–Kier alpha value is -3.14. The third-order valence-corrected chi connectivity index (χ3v) is 6.78. The first-order valence-electron chi connectivity index (χ1n) is 12.9. The van der Waals surface area contributed by atoms with Gasteiger partial charge in [-0.15, -0.1) is 0 Å². The number of imidazole rings is 1. The van der Waals surface area contributed by atoms with Gasteiger partial charge in [-0.05, 0) is 53.8 Å². The number of ether oxygens (including phenoxy) is 1. The molecular weight excluding hydrogens is 458 g/mol. The van der Waals surface area contributed by atoms with Crippen molar-refractivity contribution in [2.24, 2.45) is 0 Å². The average molecular weight is 498 g/mol. The van der Waals surface area contributed by atoms with Crippen LogP contribution in [0.4, 0.5) is 10.5 Å². The number of piperidine rings is 1. The van der Waals surface area contributed by atoms with Gasteiger partial charge in [0.25, 0.3) is 0 Å². The van der Waals surface area contributed by atoms with Crippen LogP contribution in [-0.4, -0.2) is 100 Å². The van der Waals surface area contributed by atoms with Gasteiger partial charge >= 0.3 is 6.09 Å². The van der Waals surface area contributed by atoms with Crippen LogP contribution < -0.4 is 5.32 Å². The molecule has 4 rings (SSSR count). The van der Waals surface area contributed by atoms with E-state index < -0.39 is 0 Å². The Balaban J connectivity index is 1.26. The van der Waals surface area contributed by atoms with Crippen molar-refractivity contribution in [3.05, 3.63) is 30.2 Å². The minimum absolute atomic E-state index is 0.0269. The lowest BCUT2D eigenvalue weighted by Crippen LogP contribution is -2.44. The third-order valence-electron chi connectivity index (χ3n) is 6.78.